The van der Waals surface area contributed by atoms with Crippen molar-refractivity contribution in [2.75, 3.05) is 13.6 Å². The third-order valence-corrected chi connectivity index (χ3v) is 4.47. The lowest BCUT2D eigenvalue weighted by molar-refractivity contribution is 0.375. The van der Waals surface area contributed by atoms with Crippen LogP contribution in [-0.4, -0.2) is 29.7 Å². The van der Waals surface area contributed by atoms with Gasteiger partial charge in [-0.25, -0.2) is 0 Å². The summed E-state index contributed by atoms with van der Waals surface area (Å²) in [5.41, 5.74) is 1.93. The summed E-state index contributed by atoms with van der Waals surface area (Å²) in [6, 6.07) is 15.1. The van der Waals surface area contributed by atoms with Gasteiger partial charge in [-0.05, 0) is 42.3 Å². The van der Waals surface area contributed by atoms with Gasteiger partial charge in [-0.1, -0.05) is 46.6 Å². The molecule has 0 aliphatic carbocycles. The van der Waals surface area contributed by atoms with Gasteiger partial charge in [0.1, 0.15) is 0 Å². The average Bonchev–Trinajstić information content (AvgIpc) is 3.15. The van der Waals surface area contributed by atoms with Crippen LogP contribution < -0.4 is 10.6 Å². The molecule has 0 aliphatic heterocycles. The Morgan fingerprint density at radius 1 is 1.07 bits per heavy atom. The lowest BCUT2D eigenvalue weighted by Gasteiger charge is -2.10. The first-order valence-corrected chi connectivity index (χ1v) is 9.18. The third kappa shape index (κ3) is 6.35. The maximum atomic E-state index is 6.17. The Bertz CT molecular complexity index is 915. The smallest absolute Gasteiger partial charge is 0.246 e. The predicted molar refractivity (Wildman–Crippen MR) is 124 cm³/mol. The second kappa shape index (κ2) is 11.2. The van der Waals surface area contributed by atoms with E-state index in [1.807, 2.05) is 36.4 Å². The van der Waals surface area contributed by atoms with Crippen molar-refractivity contribution in [3.8, 4) is 11.4 Å². The Morgan fingerprint density at radius 3 is 2.54 bits per heavy atom. The Hall–Kier alpha value is -1.84. The van der Waals surface area contributed by atoms with Crippen molar-refractivity contribution in [1.29, 1.82) is 0 Å². The van der Waals surface area contributed by atoms with Gasteiger partial charge in [-0.2, -0.15) is 4.98 Å². The fraction of sp³-hybridized carbons (Fsp3) is 0.211. The standard InChI is InChI=1S/C19H19Cl2N5O.HI/c1-22-19(23-11-10-13-4-2-3-5-16(13)21)24-12-17-25-18(26-27-17)14-6-8-15(20)9-7-14;/h2-9H,10-12H2,1H3,(H2,22,23,24);1H. The van der Waals surface area contributed by atoms with Crippen LogP contribution in [-0.2, 0) is 13.0 Å². The number of nitrogens with one attached hydrogen (secondary N) is 2. The molecular formula is C19H20Cl2IN5O. The van der Waals surface area contributed by atoms with Crippen molar-refractivity contribution < 1.29 is 4.52 Å². The van der Waals surface area contributed by atoms with E-state index in [1.54, 1.807) is 19.2 Å². The largest absolute Gasteiger partial charge is 0.356 e. The first kappa shape index (κ1) is 22.4. The molecule has 0 saturated carbocycles. The molecule has 28 heavy (non-hydrogen) atoms. The van der Waals surface area contributed by atoms with Gasteiger partial charge in [-0.15, -0.1) is 24.0 Å². The van der Waals surface area contributed by atoms with Crippen molar-refractivity contribution in [2.45, 2.75) is 13.0 Å². The van der Waals surface area contributed by atoms with Crippen LogP contribution in [0, 0.1) is 0 Å². The molecule has 0 spiro atoms. The quantitative estimate of drug-likeness (QED) is 0.277. The molecule has 0 unspecified atom stereocenters. The number of hydrogen-bond acceptors (Lipinski definition) is 4. The fourth-order valence-corrected chi connectivity index (χ4v) is 2.80. The molecule has 0 amide bonds. The van der Waals surface area contributed by atoms with Crippen molar-refractivity contribution in [1.82, 2.24) is 20.8 Å². The van der Waals surface area contributed by atoms with Gasteiger partial charge in [0.15, 0.2) is 5.96 Å². The first-order valence-electron chi connectivity index (χ1n) is 8.42. The van der Waals surface area contributed by atoms with Crippen LogP contribution >= 0.6 is 47.2 Å². The zero-order chi connectivity index (χ0) is 19.1. The summed E-state index contributed by atoms with van der Waals surface area (Å²) < 4.78 is 5.28. The van der Waals surface area contributed by atoms with E-state index in [9.17, 15) is 0 Å². The Kier molecular flexibility index (Phi) is 9.01. The van der Waals surface area contributed by atoms with Crippen molar-refractivity contribution in [3.05, 3.63) is 70.0 Å². The number of rotatable bonds is 6. The Balaban J connectivity index is 0.00000280. The lowest BCUT2D eigenvalue weighted by atomic mass is 10.1. The lowest BCUT2D eigenvalue weighted by Crippen LogP contribution is -2.37. The molecule has 1 heterocycles. The van der Waals surface area contributed by atoms with Crippen molar-refractivity contribution in [3.63, 3.8) is 0 Å². The minimum Gasteiger partial charge on any atom is -0.356 e. The highest BCUT2D eigenvalue weighted by molar-refractivity contribution is 14.0. The summed E-state index contributed by atoms with van der Waals surface area (Å²) in [6.07, 6.45) is 0.793. The second-order valence-corrected chi connectivity index (χ2v) is 6.56. The summed E-state index contributed by atoms with van der Waals surface area (Å²) in [4.78, 5) is 8.56. The van der Waals surface area contributed by atoms with Gasteiger partial charge in [0, 0.05) is 29.2 Å². The summed E-state index contributed by atoms with van der Waals surface area (Å²) in [5, 5.41) is 11.8. The maximum absolute atomic E-state index is 6.17. The minimum atomic E-state index is 0. The number of nitrogens with zero attached hydrogens (tertiary/aromatic N) is 3. The maximum Gasteiger partial charge on any atom is 0.246 e. The van der Waals surface area contributed by atoms with Crippen molar-refractivity contribution in [2.24, 2.45) is 4.99 Å². The molecule has 0 radical (unpaired) electrons. The molecule has 0 aliphatic rings. The molecule has 148 valence electrons. The van der Waals surface area contributed by atoms with E-state index in [-0.39, 0.29) is 24.0 Å². The van der Waals surface area contributed by atoms with Gasteiger partial charge < -0.3 is 15.2 Å². The molecule has 9 heteroatoms. The van der Waals surface area contributed by atoms with Crippen LogP contribution in [0.2, 0.25) is 10.0 Å². The van der Waals surface area contributed by atoms with Crippen LogP contribution in [0.4, 0.5) is 0 Å². The number of aromatic nitrogens is 2. The third-order valence-electron chi connectivity index (χ3n) is 3.85. The second-order valence-electron chi connectivity index (χ2n) is 5.71. The van der Waals surface area contributed by atoms with Crippen LogP contribution in [0.5, 0.6) is 0 Å². The van der Waals surface area contributed by atoms with Crippen LogP contribution in [0.3, 0.4) is 0 Å². The normalized spacial score (nSPS) is 11.0. The summed E-state index contributed by atoms with van der Waals surface area (Å²) in [7, 11) is 1.71. The average molecular weight is 532 g/mol. The number of hydrogen-bond donors (Lipinski definition) is 2. The zero-order valence-electron chi connectivity index (χ0n) is 15.2. The topological polar surface area (TPSA) is 75.3 Å². The van der Waals surface area contributed by atoms with Crippen LogP contribution in [0.15, 0.2) is 58.0 Å². The SMILES string of the molecule is CN=C(NCCc1ccccc1Cl)NCc1nc(-c2ccc(Cl)cc2)no1.I. The molecule has 3 rings (SSSR count). The molecule has 0 bridgehead atoms. The van der Waals surface area contributed by atoms with Gasteiger partial charge in [-0.3, -0.25) is 4.99 Å². The molecule has 2 N–H and O–H groups in total. The van der Waals surface area contributed by atoms with Gasteiger partial charge >= 0.3 is 0 Å². The van der Waals surface area contributed by atoms with E-state index in [0.29, 0.717) is 35.8 Å². The predicted octanol–water partition coefficient (Wildman–Crippen LogP) is 4.57. The highest BCUT2D eigenvalue weighted by Gasteiger charge is 2.09. The zero-order valence-corrected chi connectivity index (χ0v) is 19.0. The number of benzene rings is 2. The number of halogens is 3. The first-order chi connectivity index (χ1) is 13.2. The summed E-state index contributed by atoms with van der Waals surface area (Å²) in [6.45, 7) is 1.07. The van der Waals surface area contributed by atoms with Crippen LogP contribution in [0.25, 0.3) is 11.4 Å². The molecule has 6 nitrogen and oxygen atoms in total. The summed E-state index contributed by atoms with van der Waals surface area (Å²) in [5.74, 6) is 1.63. The monoisotopic (exact) mass is 531 g/mol. The Morgan fingerprint density at radius 2 is 1.82 bits per heavy atom. The van der Waals surface area contributed by atoms with E-state index in [1.165, 1.54) is 0 Å². The molecule has 2 aromatic carbocycles. The van der Waals surface area contributed by atoms with Gasteiger partial charge in [0.25, 0.3) is 0 Å². The van der Waals surface area contributed by atoms with Gasteiger partial charge in [0.2, 0.25) is 11.7 Å². The van der Waals surface area contributed by atoms with E-state index in [0.717, 1.165) is 22.6 Å². The fourth-order valence-electron chi connectivity index (χ4n) is 2.44. The number of aliphatic imine (C=N–C) groups is 1. The molecule has 3 aromatic rings. The van der Waals surface area contributed by atoms with Crippen LogP contribution in [0.1, 0.15) is 11.5 Å². The molecule has 1 aromatic heterocycles. The van der Waals surface area contributed by atoms with E-state index < -0.39 is 0 Å². The highest BCUT2D eigenvalue weighted by Crippen LogP contribution is 2.18. The van der Waals surface area contributed by atoms with Gasteiger partial charge in [0.05, 0.1) is 6.54 Å². The molecule has 0 saturated heterocycles. The van der Waals surface area contributed by atoms with E-state index in [2.05, 4.69) is 25.8 Å². The molecular weight excluding hydrogens is 512 g/mol. The van der Waals surface area contributed by atoms with Crippen molar-refractivity contribution >= 4 is 53.1 Å². The molecule has 0 atom stereocenters. The van der Waals surface area contributed by atoms with E-state index >= 15 is 0 Å². The summed E-state index contributed by atoms with van der Waals surface area (Å²) >= 11 is 12.1. The minimum absolute atomic E-state index is 0. The Labute approximate surface area is 190 Å². The molecule has 0 fully saturated rings. The van der Waals surface area contributed by atoms with E-state index in [4.69, 9.17) is 27.7 Å². The number of guanidine groups is 1. The highest BCUT2D eigenvalue weighted by atomic mass is 127.